The number of thioether (sulfide) groups is 1. The van der Waals surface area contributed by atoms with Gasteiger partial charge >= 0.3 is 0 Å². The third kappa shape index (κ3) is 3.09. The number of benzene rings is 2. The Morgan fingerprint density at radius 1 is 1.08 bits per heavy atom. The monoisotopic (exact) mass is 352 g/mol. The number of halogens is 1. The molecule has 3 aromatic rings. The van der Waals surface area contributed by atoms with Crippen molar-refractivity contribution in [1.29, 1.82) is 0 Å². The molecule has 4 nitrogen and oxygen atoms in total. The minimum atomic E-state index is -0.237. The molecule has 0 saturated carbocycles. The van der Waals surface area contributed by atoms with Crippen LogP contribution in [-0.4, -0.2) is 25.8 Å². The first-order valence-electron chi connectivity index (χ1n) is 8.12. The van der Waals surface area contributed by atoms with E-state index in [9.17, 15) is 4.39 Å². The third-order valence-corrected chi connectivity index (χ3v) is 5.25. The van der Waals surface area contributed by atoms with Gasteiger partial charge in [-0.3, -0.25) is 0 Å². The van der Waals surface area contributed by atoms with Crippen molar-refractivity contribution in [3.8, 4) is 0 Å². The van der Waals surface area contributed by atoms with Gasteiger partial charge in [0.1, 0.15) is 5.82 Å². The second-order valence-electron chi connectivity index (χ2n) is 6.09. The van der Waals surface area contributed by atoms with Gasteiger partial charge in [-0.2, -0.15) is 9.78 Å². The van der Waals surface area contributed by atoms with Gasteiger partial charge in [-0.15, -0.1) is 10.2 Å². The van der Waals surface area contributed by atoms with Crippen molar-refractivity contribution in [3.05, 3.63) is 76.9 Å². The van der Waals surface area contributed by atoms with Gasteiger partial charge in [0.25, 0.3) is 0 Å². The summed E-state index contributed by atoms with van der Waals surface area (Å²) in [5, 5.41) is 14.2. The molecule has 25 heavy (non-hydrogen) atoms. The number of nitrogens with zero attached hydrogens (tertiary/aromatic N) is 4. The molecule has 2 aromatic carbocycles. The van der Waals surface area contributed by atoms with Gasteiger partial charge in [-0.25, -0.2) is 4.39 Å². The van der Waals surface area contributed by atoms with Crippen LogP contribution < -0.4 is 0 Å². The van der Waals surface area contributed by atoms with E-state index in [1.165, 1.54) is 11.6 Å². The van der Waals surface area contributed by atoms with Crippen molar-refractivity contribution in [3.63, 3.8) is 0 Å². The van der Waals surface area contributed by atoms with E-state index in [0.717, 1.165) is 16.4 Å². The van der Waals surface area contributed by atoms with E-state index < -0.39 is 0 Å². The molecule has 2 heterocycles. The normalized spacial score (nSPS) is 16.4. The van der Waals surface area contributed by atoms with Gasteiger partial charge in [0.05, 0.1) is 11.0 Å². The van der Waals surface area contributed by atoms with E-state index >= 15 is 0 Å². The summed E-state index contributed by atoms with van der Waals surface area (Å²) in [6.45, 7) is 4.17. The Kier molecular flexibility index (Phi) is 4.13. The smallest absolute Gasteiger partial charge is 0.207 e. The standard InChI is InChI=1S/C19H17FN4S/c1-12-7-9-14(10-8-12)18-13(2)25-19-22-21-17(24(19)23-18)11-15-5-3-4-6-16(15)20/h3-10,13H,11H2,1-2H3/t13-/m1/s1. The van der Waals surface area contributed by atoms with Crippen molar-refractivity contribution in [2.75, 3.05) is 0 Å². The Bertz CT molecular complexity index is 946. The minimum Gasteiger partial charge on any atom is -0.207 e. The second kappa shape index (κ2) is 6.44. The average molecular weight is 352 g/mol. The summed E-state index contributed by atoms with van der Waals surface area (Å²) in [7, 11) is 0. The summed E-state index contributed by atoms with van der Waals surface area (Å²) in [4.78, 5) is 0. The molecule has 1 atom stereocenters. The zero-order valence-electron chi connectivity index (χ0n) is 14.0. The molecule has 0 N–H and O–H groups in total. The maximum Gasteiger partial charge on any atom is 0.212 e. The molecule has 0 saturated heterocycles. The number of aryl methyl sites for hydroxylation is 1. The fraction of sp³-hybridized carbons (Fsp3) is 0.211. The van der Waals surface area contributed by atoms with Crippen LogP contribution in [0.4, 0.5) is 4.39 Å². The summed E-state index contributed by atoms with van der Waals surface area (Å²) in [6.07, 6.45) is 0.360. The van der Waals surface area contributed by atoms with Crippen LogP contribution in [-0.2, 0) is 6.42 Å². The molecule has 0 amide bonds. The Morgan fingerprint density at radius 3 is 2.60 bits per heavy atom. The molecule has 126 valence electrons. The van der Waals surface area contributed by atoms with E-state index in [-0.39, 0.29) is 11.1 Å². The Morgan fingerprint density at radius 2 is 1.84 bits per heavy atom. The van der Waals surface area contributed by atoms with Crippen molar-refractivity contribution >= 4 is 17.5 Å². The van der Waals surface area contributed by atoms with Crippen LogP contribution in [0.3, 0.4) is 0 Å². The lowest BCUT2D eigenvalue weighted by molar-refractivity contribution is 0.608. The van der Waals surface area contributed by atoms with Crippen molar-refractivity contribution < 1.29 is 4.39 Å². The summed E-state index contributed by atoms with van der Waals surface area (Å²) >= 11 is 1.62. The highest BCUT2D eigenvalue weighted by Crippen LogP contribution is 2.30. The van der Waals surface area contributed by atoms with Crippen LogP contribution in [0.5, 0.6) is 0 Å². The first-order chi connectivity index (χ1) is 12.1. The largest absolute Gasteiger partial charge is 0.212 e. The average Bonchev–Trinajstić information content (AvgIpc) is 2.99. The first-order valence-corrected chi connectivity index (χ1v) is 9.00. The quantitative estimate of drug-likeness (QED) is 0.714. The molecular formula is C19H17FN4S. The van der Waals surface area contributed by atoms with Crippen LogP contribution in [0.25, 0.3) is 0 Å². The molecule has 0 fully saturated rings. The zero-order chi connectivity index (χ0) is 17.4. The lowest BCUT2D eigenvalue weighted by Gasteiger charge is -2.20. The summed E-state index contributed by atoms with van der Waals surface area (Å²) in [5.74, 6) is 0.406. The summed E-state index contributed by atoms with van der Waals surface area (Å²) in [5.41, 5.74) is 3.87. The molecule has 0 bridgehead atoms. The number of rotatable bonds is 3. The van der Waals surface area contributed by atoms with E-state index in [4.69, 9.17) is 5.10 Å². The molecule has 1 aliphatic heterocycles. The van der Waals surface area contributed by atoms with E-state index in [2.05, 4.69) is 48.3 Å². The fourth-order valence-corrected chi connectivity index (χ4v) is 3.76. The third-order valence-electron chi connectivity index (χ3n) is 4.21. The maximum atomic E-state index is 14.0. The van der Waals surface area contributed by atoms with Gasteiger partial charge in [0.15, 0.2) is 5.82 Å². The highest BCUT2D eigenvalue weighted by Gasteiger charge is 2.25. The fourth-order valence-electron chi connectivity index (χ4n) is 2.81. The number of aromatic nitrogens is 3. The molecule has 0 unspecified atom stereocenters. The van der Waals surface area contributed by atoms with Crippen LogP contribution in [0, 0.1) is 12.7 Å². The van der Waals surface area contributed by atoms with E-state index in [0.29, 0.717) is 17.8 Å². The number of fused-ring (bicyclic) bond motifs is 1. The Labute approximate surface area is 149 Å². The Balaban J connectivity index is 1.73. The lowest BCUT2D eigenvalue weighted by Crippen LogP contribution is -2.22. The SMILES string of the molecule is Cc1ccc(C2=Nn3c(Cc4ccccc4F)nnc3S[C@@H]2C)cc1. The van der Waals surface area contributed by atoms with Gasteiger partial charge in [0.2, 0.25) is 5.16 Å². The molecule has 0 spiro atoms. The minimum absolute atomic E-state index is 0.181. The highest BCUT2D eigenvalue weighted by molar-refractivity contribution is 8.00. The van der Waals surface area contributed by atoms with Crippen molar-refractivity contribution in [2.45, 2.75) is 30.7 Å². The van der Waals surface area contributed by atoms with Crippen LogP contribution >= 0.6 is 11.8 Å². The molecule has 0 radical (unpaired) electrons. The topological polar surface area (TPSA) is 43.1 Å². The number of hydrogen-bond acceptors (Lipinski definition) is 4. The molecule has 0 aliphatic carbocycles. The lowest BCUT2D eigenvalue weighted by atomic mass is 10.1. The van der Waals surface area contributed by atoms with Crippen LogP contribution in [0.15, 0.2) is 58.8 Å². The highest BCUT2D eigenvalue weighted by atomic mass is 32.2. The van der Waals surface area contributed by atoms with Gasteiger partial charge in [-0.1, -0.05) is 59.8 Å². The predicted molar refractivity (Wildman–Crippen MR) is 97.7 cm³/mol. The molecular weight excluding hydrogens is 335 g/mol. The predicted octanol–water partition coefficient (Wildman–Crippen LogP) is 4.06. The maximum absolute atomic E-state index is 14.0. The van der Waals surface area contributed by atoms with Gasteiger partial charge in [-0.05, 0) is 31.0 Å². The van der Waals surface area contributed by atoms with Crippen LogP contribution in [0.2, 0.25) is 0 Å². The van der Waals surface area contributed by atoms with Gasteiger partial charge in [0, 0.05) is 6.42 Å². The van der Waals surface area contributed by atoms with Crippen LogP contribution in [0.1, 0.15) is 29.4 Å². The number of hydrogen-bond donors (Lipinski definition) is 0. The molecule has 4 rings (SSSR count). The first kappa shape index (κ1) is 16.0. The Hall–Kier alpha value is -2.47. The molecule has 1 aliphatic rings. The summed E-state index contributed by atoms with van der Waals surface area (Å²) < 4.78 is 15.7. The summed E-state index contributed by atoms with van der Waals surface area (Å²) in [6, 6.07) is 15.1. The second-order valence-corrected chi connectivity index (χ2v) is 7.40. The molecule has 6 heteroatoms. The van der Waals surface area contributed by atoms with Crippen molar-refractivity contribution in [1.82, 2.24) is 14.9 Å². The van der Waals surface area contributed by atoms with E-state index in [1.54, 1.807) is 28.6 Å². The van der Waals surface area contributed by atoms with E-state index in [1.807, 2.05) is 6.07 Å². The zero-order valence-corrected chi connectivity index (χ0v) is 14.8. The molecule has 1 aromatic heterocycles. The van der Waals surface area contributed by atoms with Crippen molar-refractivity contribution in [2.24, 2.45) is 5.10 Å². The van der Waals surface area contributed by atoms with Gasteiger partial charge < -0.3 is 0 Å².